The average Bonchev–Trinajstić information content (AvgIpc) is 3.46. The maximum Gasteiger partial charge on any atom is 0.268 e. The molecule has 0 atom stereocenters. The molecule has 0 radical (unpaired) electrons. The molecule has 1 aromatic carbocycles. The molecular weight excluding hydrogens is 417 g/mol. The maximum absolute atomic E-state index is 13.8. The Morgan fingerprint density at radius 3 is 2.50 bits per heavy atom. The summed E-state index contributed by atoms with van der Waals surface area (Å²) < 4.78 is 40.7. The van der Waals surface area contributed by atoms with Crippen molar-refractivity contribution in [2.24, 2.45) is 0 Å². The molecule has 10 heteroatoms. The molecule has 1 aliphatic carbocycles. The van der Waals surface area contributed by atoms with E-state index in [1.807, 2.05) is 0 Å². The third kappa shape index (κ3) is 4.13. The monoisotopic (exact) mass is 434 g/mol. The third-order valence-corrected chi connectivity index (χ3v) is 6.10. The topological polar surface area (TPSA) is 87.7 Å². The van der Waals surface area contributed by atoms with Gasteiger partial charge in [0.25, 0.3) is 5.91 Å². The fourth-order valence-corrected chi connectivity index (χ4v) is 4.44. The average molecular weight is 434 g/mol. The zero-order valence-electron chi connectivity index (χ0n) is 15.7. The molecule has 0 bridgehead atoms. The number of carbonyl (C=O) groups is 2. The molecule has 1 fully saturated rings. The summed E-state index contributed by atoms with van der Waals surface area (Å²) >= 11 is 1.46. The standard InChI is InChI=1S/C20H17F3N4O2S/c21-12-6-13(22)17(14(23)7-12)18(28)11-5-15(24-8-11)19(29)25-9-16-26-27-20(30-16)10-3-1-2-4-10/h5-8,10,24H,1-4,9H2,(H,25,29). The number of benzene rings is 1. The quantitative estimate of drug-likeness (QED) is 0.572. The number of hydrogen-bond donors (Lipinski definition) is 2. The predicted octanol–water partition coefficient (Wildman–Crippen LogP) is 4.10. The van der Waals surface area contributed by atoms with E-state index >= 15 is 0 Å². The SMILES string of the molecule is O=C(NCc1nnc(C2CCCC2)s1)c1cc(C(=O)c2c(F)cc(F)cc2F)c[nH]1. The van der Waals surface area contributed by atoms with Gasteiger partial charge < -0.3 is 10.3 Å². The van der Waals surface area contributed by atoms with Crippen molar-refractivity contribution in [3.63, 3.8) is 0 Å². The summed E-state index contributed by atoms with van der Waals surface area (Å²) in [6, 6.07) is 2.04. The zero-order valence-corrected chi connectivity index (χ0v) is 16.5. The smallest absolute Gasteiger partial charge is 0.268 e. The van der Waals surface area contributed by atoms with Crippen LogP contribution in [-0.2, 0) is 6.54 Å². The van der Waals surface area contributed by atoms with Gasteiger partial charge in [0.15, 0.2) is 5.78 Å². The summed E-state index contributed by atoms with van der Waals surface area (Å²) in [7, 11) is 0. The second kappa shape index (κ2) is 8.39. The van der Waals surface area contributed by atoms with E-state index < -0.39 is 34.7 Å². The Bertz CT molecular complexity index is 1080. The molecule has 2 aromatic heterocycles. The number of amides is 1. The Balaban J connectivity index is 1.41. The molecule has 3 aromatic rings. The highest BCUT2D eigenvalue weighted by atomic mass is 32.1. The van der Waals surface area contributed by atoms with Crippen LogP contribution < -0.4 is 5.32 Å². The van der Waals surface area contributed by atoms with E-state index in [1.165, 1.54) is 36.4 Å². The molecule has 156 valence electrons. The van der Waals surface area contributed by atoms with Gasteiger partial charge in [-0.05, 0) is 18.9 Å². The summed E-state index contributed by atoms with van der Waals surface area (Å²) in [4.78, 5) is 27.3. The Kier molecular flexibility index (Phi) is 5.67. The lowest BCUT2D eigenvalue weighted by Gasteiger charge is -2.03. The first-order chi connectivity index (χ1) is 14.4. The van der Waals surface area contributed by atoms with Crippen LogP contribution in [0.2, 0.25) is 0 Å². The fraction of sp³-hybridized carbons (Fsp3) is 0.300. The largest absolute Gasteiger partial charge is 0.356 e. The highest BCUT2D eigenvalue weighted by Gasteiger charge is 2.23. The minimum Gasteiger partial charge on any atom is -0.356 e. The number of hydrogen-bond acceptors (Lipinski definition) is 5. The van der Waals surface area contributed by atoms with Crippen molar-refractivity contribution >= 4 is 23.0 Å². The number of halogens is 3. The highest BCUT2D eigenvalue weighted by Crippen LogP contribution is 2.35. The van der Waals surface area contributed by atoms with Crippen LogP contribution >= 0.6 is 11.3 Å². The van der Waals surface area contributed by atoms with Crippen LogP contribution in [0.25, 0.3) is 0 Å². The molecule has 1 saturated carbocycles. The summed E-state index contributed by atoms with van der Waals surface area (Å²) in [5.41, 5.74) is -0.957. The third-order valence-electron chi connectivity index (χ3n) is 5.01. The molecule has 0 unspecified atom stereocenters. The molecule has 0 saturated heterocycles. The van der Waals surface area contributed by atoms with Crippen molar-refractivity contribution in [2.45, 2.75) is 38.1 Å². The normalized spacial score (nSPS) is 14.2. The van der Waals surface area contributed by atoms with Crippen LogP contribution in [0.4, 0.5) is 13.2 Å². The highest BCUT2D eigenvalue weighted by molar-refractivity contribution is 7.11. The van der Waals surface area contributed by atoms with E-state index in [2.05, 4.69) is 20.5 Å². The van der Waals surface area contributed by atoms with Crippen molar-refractivity contribution in [1.82, 2.24) is 20.5 Å². The minimum atomic E-state index is -1.31. The van der Waals surface area contributed by atoms with Gasteiger partial charge in [-0.15, -0.1) is 10.2 Å². The molecule has 2 heterocycles. The Morgan fingerprint density at radius 1 is 1.10 bits per heavy atom. The number of ketones is 1. The number of nitrogens with one attached hydrogen (secondary N) is 2. The molecule has 6 nitrogen and oxygen atoms in total. The van der Waals surface area contributed by atoms with Gasteiger partial charge in [-0.2, -0.15) is 0 Å². The Morgan fingerprint density at radius 2 is 1.80 bits per heavy atom. The fourth-order valence-electron chi connectivity index (χ4n) is 3.49. The first-order valence-electron chi connectivity index (χ1n) is 9.40. The molecule has 2 N–H and O–H groups in total. The number of aromatic amines is 1. The number of aromatic nitrogens is 3. The van der Waals surface area contributed by atoms with E-state index in [1.54, 1.807) is 0 Å². The van der Waals surface area contributed by atoms with Gasteiger partial charge >= 0.3 is 0 Å². The first-order valence-corrected chi connectivity index (χ1v) is 10.2. The van der Waals surface area contributed by atoms with Gasteiger partial charge in [0.1, 0.15) is 33.2 Å². The summed E-state index contributed by atoms with van der Waals surface area (Å²) in [6.45, 7) is 0.173. The lowest BCUT2D eigenvalue weighted by atomic mass is 10.0. The Hall–Kier alpha value is -3.01. The number of carbonyl (C=O) groups excluding carboxylic acids is 2. The predicted molar refractivity (Wildman–Crippen MR) is 103 cm³/mol. The van der Waals surface area contributed by atoms with E-state index in [0.29, 0.717) is 23.1 Å². The van der Waals surface area contributed by atoms with E-state index in [0.717, 1.165) is 17.8 Å². The number of rotatable bonds is 6. The van der Waals surface area contributed by atoms with Crippen molar-refractivity contribution in [1.29, 1.82) is 0 Å². The number of nitrogens with zero attached hydrogens (tertiary/aromatic N) is 2. The van der Waals surface area contributed by atoms with Crippen molar-refractivity contribution in [3.05, 3.63) is 68.7 Å². The molecule has 0 spiro atoms. The summed E-state index contributed by atoms with van der Waals surface area (Å²) in [6.07, 6.45) is 5.76. The van der Waals surface area contributed by atoms with Crippen molar-refractivity contribution < 1.29 is 22.8 Å². The lowest BCUT2D eigenvalue weighted by molar-refractivity contribution is 0.0946. The van der Waals surface area contributed by atoms with Gasteiger partial charge in [-0.3, -0.25) is 9.59 Å². The summed E-state index contributed by atoms with van der Waals surface area (Å²) in [5, 5.41) is 12.6. The summed E-state index contributed by atoms with van der Waals surface area (Å²) in [5.74, 6) is -4.80. The van der Waals surface area contributed by atoms with Crippen LogP contribution in [0.1, 0.15) is 68.0 Å². The molecule has 1 amide bonds. The Labute approximate surface area is 173 Å². The van der Waals surface area contributed by atoms with Crippen LogP contribution in [0.3, 0.4) is 0 Å². The van der Waals surface area contributed by atoms with E-state index in [9.17, 15) is 22.8 Å². The molecule has 4 rings (SSSR count). The number of H-pyrrole nitrogens is 1. The van der Waals surface area contributed by atoms with Crippen LogP contribution in [0, 0.1) is 17.5 Å². The zero-order chi connectivity index (χ0) is 21.3. The molecule has 1 aliphatic rings. The van der Waals surface area contributed by atoms with Gasteiger partial charge in [-0.25, -0.2) is 13.2 Å². The minimum absolute atomic E-state index is 0.0433. The molecule has 0 aliphatic heterocycles. The van der Waals surface area contributed by atoms with Crippen LogP contribution in [-0.4, -0.2) is 26.9 Å². The second-order valence-electron chi connectivity index (χ2n) is 7.07. The van der Waals surface area contributed by atoms with Gasteiger partial charge in [0.2, 0.25) is 0 Å². The van der Waals surface area contributed by atoms with Gasteiger partial charge in [0, 0.05) is 29.8 Å². The lowest BCUT2D eigenvalue weighted by Crippen LogP contribution is -2.23. The molecular formula is C20H17F3N4O2S. The van der Waals surface area contributed by atoms with Crippen molar-refractivity contribution in [3.8, 4) is 0 Å². The first kappa shape index (κ1) is 20.3. The van der Waals surface area contributed by atoms with E-state index in [-0.39, 0.29) is 17.8 Å². The van der Waals surface area contributed by atoms with Crippen molar-refractivity contribution in [2.75, 3.05) is 0 Å². The second-order valence-corrected chi connectivity index (χ2v) is 8.17. The maximum atomic E-state index is 13.8. The van der Waals surface area contributed by atoms with Gasteiger partial charge in [-0.1, -0.05) is 24.2 Å². The van der Waals surface area contributed by atoms with Crippen LogP contribution in [0.15, 0.2) is 24.4 Å². The molecule has 30 heavy (non-hydrogen) atoms. The van der Waals surface area contributed by atoms with Gasteiger partial charge in [0.05, 0.1) is 12.1 Å². The van der Waals surface area contributed by atoms with E-state index in [4.69, 9.17) is 0 Å². The van der Waals surface area contributed by atoms with Crippen LogP contribution in [0.5, 0.6) is 0 Å².